The molecule has 4 aromatic rings. The number of aromatic nitrogens is 3. The molecule has 2 aromatic carbocycles. The number of para-hydroxylation sites is 1. The van der Waals surface area contributed by atoms with Crippen LogP contribution in [0.15, 0.2) is 54.6 Å². The number of hydrogen-bond donors (Lipinski definition) is 1. The summed E-state index contributed by atoms with van der Waals surface area (Å²) >= 11 is 0. The fourth-order valence-electron chi connectivity index (χ4n) is 3.90. The third-order valence-corrected chi connectivity index (χ3v) is 5.56. The summed E-state index contributed by atoms with van der Waals surface area (Å²) in [4.78, 5) is 17.3. The molecule has 168 valence electrons. The Morgan fingerprint density at radius 2 is 1.91 bits per heavy atom. The predicted octanol–water partition coefficient (Wildman–Crippen LogP) is 3.85. The number of rotatable bonds is 6. The maximum absolute atomic E-state index is 12.7. The lowest BCUT2D eigenvalue weighted by atomic mass is 10.1. The minimum Gasteiger partial charge on any atom is -0.464 e. The lowest BCUT2D eigenvalue weighted by Gasteiger charge is -2.15. The normalized spacial score (nSPS) is 13.2. The molecule has 2 aromatic heterocycles. The van der Waals surface area contributed by atoms with Crippen LogP contribution in [0.1, 0.15) is 23.7 Å². The van der Waals surface area contributed by atoms with E-state index >= 15 is 0 Å². The Labute approximate surface area is 191 Å². The SMILES string of the molecule is Cc1cc(O[C@H](C)C(=O)NCc2ccc3c(c2)OCO3)nc2c1c(C)nn2-c1ccccc1. The van der Waals surface area contributed by atoms with Gasteiger partial charge in [0.05, 0.1) is 11.4 Å². The molecule has 0 saturated carbocycles. The van der Waals surface area contributed by atoms with E-state index in [0.717, 1.165) is 27.9 Å². The molecule has 0 radical (unpaired) electrons. The molecule has 1 N–H and O–H groups in total. The quantitative estimate of drug-likeness (QED) is 0.486. The predicted molar refractivity (Wildman–Crippen MR) is 123 cm³/mol. The first-order chi connectivity index (χ1) is 16.0. The molecule has 0 unspecified atom stereocenters. The van der Waals surface area contributed by atoms with Crippen LogP contribution in [0.2, 0.25) is 0 Å². The van der Waals surface area contributed by atoms with Gasteiger partial charge in [0.15, 0.2) is 23.3 Å². The van der Waals surface area contributed by atoms with E-state index in [0.29, 0.717) is 29.6 Å². The number of nitrogens with one attached hydrogen (secondary N) is 1. The van der Waals surface area contributed by atoms with Gasteiger partial charge in [0.2, 0.25) is 12.7 Å². The summed E-state index contributed by atoms with van der Waals surface area (Å²) in [5.74, 6) is 1.54. The van der Waals surface area contributed by atoms with E-state index in [1.807, 2.05) is 68.4 Å². The molecule has 0 spiro atoms. The highest BCUT2D eigenvalue weighted by Crippen LogP contribution is 2.32. The minimum absolute atomic E-state index is 0.218. The molecule has 8 nitrogen and oxygen atoms in total. The van der Waals surface area contributed by atoms with Crippen molar-refractivity contribution >= 4 is 16.9 Å². The zero-order valence-corrected chi connectivity index (χ0v) is 18.7. The molecular formula is C25H24N4O4. The highest BCUT2D eigenvalue weighted by atomic mass is 16.7. The van der Waals surface area contributed by atoms with Gasteiger partial charge in [0.1, 0.15) is 0 Å². The van der Waals surface area contributed by atoms with Crippen molar-refractivity contribution in [3.05, 3.63) is 71.4 Å². The molecule has 1 aliphatic heterocycles. The van der Waals surface area contributed by atoms with Gasteiger partial charge in [-0.2, -0.15) is 10.1 Å². The first kappa shape index (κ1) is 20.8. The zero-order valence-electron chi connectivity index (χ0n) is 18.7. The summed E-state index contributed by atoms with van der Waals surface area (Å²) < 4.78 is 18.4. The minimum atomic E-state index is -0.724. The van der Waals surface area contributed by atoms with Crippen LogP contribution in [0, 0.1) is 13.8 Å². The number of pyridine rings is 1. The fraction of sp³-hybridized carbons (Fsp3) is 0.240. The highest BCUT2D eigenvalue weighted by Gasteiger charge is 2.19. The lowest BCUT2D eigenvalue weighted by molar-refractivity contribution is -0.127. The van der Waals surface area contributed by atoms with Crippen molar-refractivity contribution < 1.29 is 19.0 Å². The van der Waals surface area contributed by atoms with Crippen LogP contribution in [0.5, 0.6) is 17.4 Å². The molecule has 0 saturated heterocycles. The van der Waals surface area contributed by atoms with Crippen molar-refractivity contribution in [2.24, 2.45) is 0 Å². The number of carbonyl (C=O) groups excluding carboxylic acids is 1. The summed E-state index contributed by atoms with van der Waals surface area (Å²) in [6, 6.07) is 17.3. The molecule has 33 heavy (non-hydrogen) atoms. The molecule has 8 heteroatoms. The second-order valence-corrected chi connectivity index (χ2v) is 7.97. The van der Waals surface area contributed by atoms with E-state index < -0.39 is 6.10 Å². The number of hydrogen-bond acceptors (Lipinski definition) is 6. The van der Waals surface area contributed by atoms with Gasteiger partial charge in [0.25, 0.3) is 5.91 Å². The standard InChI is InChI=1S/C25H24N4O4/c1-15-11-22(27-24-23(15)16(2)28-29(24)19-7-5-4-6-8-19)33-17(3)25(30)26-13-18-9-10-20-21(12-18)32-14-31-20/h4-12,17H,13-14H2,1-3H3,(H,26,30)/t17-/m1/s1. The topological polar surface area (TPSA) is 87.5 Å². The van der Waals surface area contributed by atoms with Gasteiger partial charge < -0.3 is 19.5 Å². The molecule has 1 atom stereocenters. The number of nitrogens with zero attached hydrogens (tertiary/aromatic N) is 3. The smallest absolute Gasteiger partial charge is 0.261 e. The molecule has 0 bridgehead atoms. The highest BCUT2D eigenvalue weighted by molar-refractivity contribution is 5.84. The van der Waals surface area contributed by atoms with Crippen LogP contribution in [0.4, 0.5) is 0 Å². The molecule has 3 heterocycles. The van der Waals surface area contributed by atoms with E-state index in [-0.39, 0.29) is 12.7 Å². The Kier molecular flexibility index (Phi) is 5.34. The van der Waals surface area contributed by atoms with Crippen LogP contribution in [0.25, 0.3) is 16.7 Å². The number of benzene rings is 2. The van der Waals surface area contributed by atoms with Gasteiger partial charge in [-0.1, -0.05) is 24.3 Å². The van der Waals surface area contributed by atoms with E-state index in [9.17, 15) is 4.79 Å². The van der Waals surface area contributed by atoms with Crippen LogP contribution in [-0.2, 0) is 11.3 Å². The second-order valence-electron chi connectivity index (χ2n) is 7.97. The third-order valence-electron chi connectivity index (χ3n) is 5.56. The van der Waals surface area contributed by atoms with Crippen molar-refractivity contribution in [2.75, 3.05) is 6.79 Å². The third kappa shape index (κ3) is 4.07. The van der Waals surface area contributed by atoms with E-state index in [1.165, 1.54) is 0 Å². The van der Waals surface area contributed by atoms with Crippen molar-refractivity contribution in [1.82, 2.24) is 20.1 Å². The van der Waals surface area contributed by atoms with Crippen LogP contribution >= 0.6 is 0 Å². The Hall–Kier alpha value is -4.07. The second kappa shape index (κ2) is 8.46. The van der Waals surface area contributed by atoms with Crippen molar-refractivity contribution in [3.63, 3.8) is 0 Å². The Bertz CT molecular complexity index is 1330. The summed E-state index contributed by atoms with van der Waals surface area (Å²) in [5.41, 5.74) is 4.40. The Morgan fingerprint density at radius 1 is 1.12 bits per heavy atom. The monoisotopic (exact) mass is 444 g/mol. The Balaban J connectivity index is 1.32. The van der Waals surface area contributed by atoms with Crippen molar-refractivity contribution in [3.8, 4) is 23.1 Å². The molecular weight excluding hydrogens is 420 g/mol. The van der Waals surface area contributed by atoms with E-state index in [2.05, 4.69) is 15.4 Å². The fourth-order valence-corrected chi connectivity index (χ4v) is 3.90. The van der Waals surface area contributed by atoms with E-state index in [1.54, 1.807) is 11.6 Å². The average Bonchev–Trinajstić information content (AvgIpc) is 3.42. The number of fused-ring (bicyclic) bond motifs is 2. The van der Waals surface area contributed by atoms with E-state index in [4.69, 9.17) is 14.2 Å². The maximum Gasteiger partial charge on any atom is 0.261 e. The van der Waals surface area contributed by atoms with Gasteiger partial charge in [-0.15, -0.1) is 0 Å². The van der Waals surface area contributed by atoms with Gasteiger partial charge in [0, 0.05) is 18.0 Å². The van der Waals surface area contributed by atoms with Gasteiger partial charge in [-0.05, 0) is 56.2 Å². The lowest BCUT2D eigenvalue weighted by Crippen LogP contribution is -2.36. The molecule has 0 fully saturated rings. The first-order valence-electron chi connectivity index (χ1n) is 10.7. The van der Waals surface area contributed by atoms with Crippen molar-refractivity contribution in [1.29, 1.82) is 0 Å². The molecule has 1 aliphatic rings. The zero-order chi connectivity index (χ0) is 22.9. The van der Waals surface area contributed by atoms with Gasteiger partial charge in [-0.25, -0.2) is 4.68 Å². The van der Waals surface area contributed by atoms with Crippen LogP contribution in [0.3, 0.4) is 0 Å². The molecule has 5 rings (SSSR count). The number of amides is 1. The largest absolute Gasteiger partial charge is 0.464 e. The number of ether oxygens (including phenoxy) is 3. The van der Waals surface area contributed by atoms with Crippen LogP contribution in [-0.4, -0.2) is 33.6 Å². The summed E-state index contributed by atoms with van der Waals surface area (Å²) in [6.45, 7) is 6.23. The number of aryl methyl sites for hydroxylation is 2. The summed E-state index contributed by atoms with van der Waals surface area (Å²) in [5, 5.41) is 8.54. The van der Waals surface area contributed by atoms with Crippen LogP contribution < -0.4 is 19.5 Å². The Morgan fingerprint density at radius 3 is 2.73 bits per heavy atom. The van der Waals surface area contributed by atoms with Gasteiger partial charge >= 0.3 is 0 Å². The summed E-state index contributed by atoms with van der Waals surface area (Å²) in [7, 11) is 0. The average molecular weight is 444 g/mol. The van der Waals surface area contributed by atoms with Gasteiger partial charge in [-0.3, -0.25) is 4.79 Å². The maximum atomic E-state index is 12.7. The molecule has 0 aliphatic carbocycles. The van der Waals surface area contributed by atoms with Crippen molar-refractivity contribution in [2.45, 2.75) is 33.4 Å². The first-order valence-corrected chi connectivity index (χ1v) is 10.7. The number of carbonyl (C=O) groups is 1. The molecule has 1 amide bonds. The summed E-state index contributed by atoms with van der Waals surface area (Å²) in [6.07, 6.45) is -0.724.